The van der Waals surface area contributed by atoms with Crippen molar-refractivity contribution in [1.29, 1.82) is 0 Å². The van der Waals surface area contributed by atoms with E-state index in [0.717, 1.165) is 11.3 Å². The molecule has 34 heavy (non-hydrogen) atoms. The van der Waals surface area contributed by atoms with Gasteiger partial charge in [0.25, 0.3) is 0 Å². The van der Waals surface area contributed by atoms with Gasteiger partial charge >= 0.3 is 0 Å². The molecule has 0 radical (unpaired) electrons. The standard InChI is InChI=1S/C31H32N2O/c1-24(2)27-18-20-29(21-19-27)32-31(34)30(28-16-10-5-11-17-28)33(22-25-12-6-3-7-13-25)23-26-14-8-4-9-15-26/h3-21,24,30H,22-23H2,1-2H3,(H,32,34). The van der Waals surface area contributed by atoms with Crippen LogP contribution in [0, 0.1) is 0 Å². The van der Waals surface area contributed by atoms with Crippen LogP contribution in [0.4, 0.5) is 5.69 Å². The molecule has 0 spiro atoms. The number of hydrogen-bond donors (Lipinski definition) is 1. The van der Waals surface area contributed by atoms with Crippen molar-refractivity contribution in [3.05, 3.63) is 138 Å². The molecule has 0 aliphatic carbocycles. The minimum atomic E-state index is -0.439. The van der Waals surface area contributed by atoms with E-state index in [9.17, 15) is 4.79 Å². The maximum Gasteiger partial charge on any atom is 0.246 e. The highest BCUT2D eigenvalue weighted by atomic mass is 16.2. The molecular formula is C31H32N2O. The molecule has 4 aromatic rings. The summed E-state index contributed by atoms with van der Waals surface area (Å²) in [7, 11) is 0. The molecule has 0 aliphatic heterocycles. The Kier molecular flexibility index (Phi) is 7.90. The molecule has 0 saturated carbocycles. The van der Waals surface area contributed by atoms with E-state index in [0.29, 0.717) is 19.0 Å². The molecule has 0 aromatic heterocycles. The highest BCUT2D eigenvalue weighted by Crippen LogP contribution is 2.27. The van der Waals surface area contributed by atoms with Crippen LogP contribution in [0.3, 0.4) is 0 Å². The van der Waals surface area contributed by atoms with Crippen LogP contribution in [0.15, 0.2) is 115 Å². The van der Waals surface area contributed by atoms with Crippen LogP contribution < -0.4 is 5.32 Å². The largest absolute Gasteiger partial charge is 0.324 e. The average molecular weight is 449 g/mol. The molecule has 1 atom stereocenters. The number of nitrogens with one attached hydrogen (secondary N) is 1. The van der Waals surface area contributed by atoms with E-state index in [1.165, 1.54) is 16.7 Å². The number of rotatable bonds is 9. The summed E-state index contributed by atoms with van der Waals surface area (Å²) in [5.74, 6) is 0.421. The summed E-state index contributed by atoms with van der Waals surface area (Å²) in [5, 5.41) is 3.18. The topological polar surface area (TPSA) is 32.3 Å². The third kappa shape index (κ3) is 6.21. The fourth-order valence-corrected chi connectivity index (χ4v) is 4.20. The number of carbonyl (C=O) groups is 1. The second-order valence-electron chi connectivity index (χ2n) is 8.96. The molecule has 0 saturated heterocycles. The molecule has 1 unspecified atom stereocenters. The van der Waals surface area contributed by atoms with E-state index in [1.54, 1.807) is 0 Å². The molecular weight excluding hydrogens is 416 g/mol. The fraction of sp³-hybridized carbons (Fsp3) is 0.194. The maximum absolute atomic E-state index is 13.8. The Balaban J connectivity index is 1.67. The van der Waals surface area contributed by atoms with Gasteiger partial charge in [0.05, 0.1) is 0 Å². The van der Waals surface area contributed by atoms with Crippen molar-refractivity contribution < 1.29 is 4.79 Å². The van der Waals surface area contributed by atoms with Gasteiger partial charge in [0.15, 0.2) is 0 Å². The summed E-state index contributed by atoms with van der Waals surface area (Å²) in [6.07, 6.45) is 0. The van der Waals surface area contributed by atoms with E-state index in [-0.39, 0.29) is 5.91 Å². The van der Waals surface area contributed by atoms with Crippen molar-refractivity contribution in [2.75, 3.05) is 5.32 Å². The molecule has 1 amide bonds. The average Bonchev–Trinajstić information content (AvgIpc) is 2.86. The molecule has 172 valence electrons. The van der Waals surface area contributed by atoms with Gasteiger partial charge in [0.2, 0.25) is 5.91 Å². The molecule has 0 fully saturated rings. The van der Waals surface area contributed by atoms with Crippen molar-refractivity contribution >= 4 is 11.6 Å². The first-order valence-corrected chi connectivity index (χ1v) is 11.9. The third-order valence-corrected chi connectivity index (χ3v) is 6.03. The van der Waals surface area contributed by atoms with Gasteiger partial charge in [0.1, 0.15) is 6.04 Å². The maximum atomic E-state index is 13.8. The highest BCUT2D eigenvalue weighted by Gasteiger charge is 2.28. The van der Waals surface area contributed by atoms with Crippen LogP contribution in [0.25, 0.3) is 0 Å². The molecule has 0 aliphatic rings. The van der Waals surface area contributed by atoms with Gasteiger partial charge in [-0.15, -0.1) is 0 Å². The van der Waals surface area contributed by atoms with Crippen molar-refractivity contribution in [2.24, 2.45) is 0 Å². The van der Waals surface area contributed by atoms with E-state index in [1.807, 2.05) is 78.9 Å². The number of carbonyl (C=O) groups excluding carboxylic acids is 1. The zero-order valence-electron chi connectivity index (χ0n) is 19.9. The monoisotopic (exact) mass is 448 g/mol. The second-order valence-corrected chi connectivity index (χ2v) is 8.96. The zero-order valence-corrected chi connectivity index (χ0v) is 19.9. The lowest BCUT2D eigenvalue weighted by Gasteiger charge is -2.31. The van der Waals surface area contributed by atoms with Crippen LogP contribution >= 0.6 is 0 Å². The van der Waals surface area contributed by atoms with Crippen LogP contribution in [0.5, 0.6) is 0 Å². The fourth-order valence-electron chi connectivity index (χ4n) is 4.20. The highest BCUT2D eigenvalue weighted by molar-refractivity contribution is 5.95. The summed E-state index contributed by atoms with van der Waals surface area (Å²) in [4.78, 5) is 16.0. The Hall–Kier alpha value is -3.69. The van der Waals surface area contributed by atoms with Gasteiger partial charge in [-0.3, -0.25) is 9.69 Å². The number of hydrogen-bond acceptors (Lipinski definition) is 2. The Morgan fingerprint density at radius 1 is 0.647 bits per heavy atom. The number of benzene rings is 4. The Morgan fingerprint density at radius 3 is 1.59 bits per heavy atom. The van der Waals surface area contributed by atoms with Crippen molar-refractivity contribution in [2.45, 2.75) is 38.9 Å². The number of amides is 1. The molecule has 4 rings (SSSR count). The SMILES string of the molecule is CC(C)c1ccc(NC(=O)C(c2ccccc2)N(Cc2ccccc2)Cc2ccccc2)cc1. The lowest BCUT2D eigenvalue weighted by atomic mass is 10.0. The van der Waals surface area contributed by atoms with Crippen molar-refractivity contribution in [1.82, 2.24) is 4.90 Å². The third-order valence-electron chi connectivity index (χ3n) is 6.03. The van der Waals surface area contributed by atoms with Crippen LogP contribution in [-0.2, 0) is 17.9 Å². The summed E-state index contributed by atoms with van der Waals surface area (Å²) in [5.41, 5.74) is 5.40. The summed E-state index contributed by atoms with van der Waals surface area (Å²) in [6.45, 7) is 5.66. The van der Waals surface area contributed by atoms with E-state index in [2.05, 4.69) is 60.5 Å². The molecule has 1 N–H and O–H groups in total. The van der Waals surface area contributed by atoms with Gasteiger partial charge in [-0.25, -0.2) is 0 Å². The lowest BCUT2D eigenvalue weighted by Crippen LogP contribution is -2.36. The van der Waals surface area contributed by atoms with Gasteiger partial charge in [-0.1, -0.05) is 117 Å². The van der Waals surface area contributed by atoms with Crippen LogP contribution in [0.2, 0.25) is 0 Å². The van der Waals surface area contributed by atoms with E-state index < -0.39 is 6.04 Å². The minimum absolute atomic E-state index is 0.0321. The molecule has 0 heterocycles. The molecule has 3 nitrogen and oxygen atoms in total. The van der Waals surface area contributed by atoms with E-state index in [4.69, 9.17) is 0 Å². The Morgan fingerprint density at radius 2 is 1.12 bits per heavy atom. The zero-order chi connectivity index (χ0) is 23.8. The quantitative estimate of drug-likeness (QED) is 0.294. The van der Waals surface area contributed by atoms with E-state index >= 15 is 0 Å². The first-order valence-electron chi connectivity index (χ1n) is 11.9. The molecule has 4 aromatic carbocycles. The van der Waals surface area contributed by atoms with Gasteiger partial charge in [-0.2, -0.15) is 0 Å². The summed E-state index contributed by atoms with van der Waals surface area (Å²) < 4.78 is 0. The van der Waals surface area contributed by atoms with Crippen molar-refractivity contribution in [3.63, 3.8) is 0 Å². The molecule has 3 heteroatoms. The normalized spacial score (nSPS) is 12.0. The van der Waals surface area contributed by atoms with Gasteiger partial charge in [-0.05, 0) is 40.3 Å². The number of nitrogens with zero attached hydrogens (tertiary/aromatic N) is 1. The first-order chi connectivity index (χ1) is 16.6. The van der Waals surface area contributed by atoms with Gasteiger partial charge < -0.3 is 5.32 Å². The Bertz CT molecular complexity index is 1110. The smallest absolute Gasteiger partial charge is 0.246 e. The summed E-state index contributed by atoms with van der Waals surface area (Å²) >= 11 is 0. The predicted octanol–water partition coefficient (Wildman–Crippen LogP) is 7.19. The van der Waals surface area contributed by atoms with Crippen LogP contribution in [-0.4, -0.2) is 10.8 Å². The van der Waals surface area contributed by atoms with Gasteiger partial charge in [0, 0.05) is 18.8 Å². The second kappa shape index (κ2) is 11.4. The first kappa shape index (κ1) is 23.5. The number of anilines is 1. The predicted molar refractivity (Wildman–Crippen MR) is 140 cm³/mol. The van der Waals surface area contributed by atoms with Crippen LogP contribution in [0.1, 0.15) is 48.1 Å². The Labute approximate surface area is 203 Å². The molecule has 0 bridgehead atoms. The van der Waals surface area contributed by atoms with Crippen molar-refractivity contribution in [3.8, 4) is 0 Å². The lowest BCUT2D eigenvalue weighted by molar-refractivity contribution is -0.122. The minimum Gasteiger partial charge on any atom is -0.324 e. The summed E-state index contributed by atoms with van der Waals surface area (Å²) in [6, 6.07) is 38.5.